The van der Waals surface area contributed by atoms with Gasteiger partial charge in [0.15, 0.2) is 0 Å². The molecule has 1 aromatic carbocycles. The summed E-state index contributed by atoms with van der Waals surface area (Å²) in [5, 5.41) is 31.4. The summed E-state index contributed by atoms with van der Waals surface area (Å²) >= 11 is 0. The van der Waals surface area contributed by atoms with Gasteiger partial charge in [-0.25, -0.2) is 0 Å². The van der Waals surface area contributed by atoms with E-state index < -0.39 is 17.8 Å². The first-order valence-electron chi connectivity index (χ1n) is 15.5. The second-order valence-electron chi connectivity index (χ2n) is 13.8. The van der Waals surface area contributed by atoms with E-state index in [0.717, 1.165) is 41.7 Å². The number of aliphatic hydroxyl groups is 3. The fourth-order valence-corrected chi connectivity index (χ4v) is 8.74. The van der Waals surface area contributed by atoms with E-state index in [1.165, 1.54) is 24.8 Å². The van der Waals surface area contributed by atoms with Crippen molar-refractivity contribution < 1.29 is 24.9 Å². The fraction of sp³-hybridized carbons (Fsp3) is 0.629. The standard InChI is InChI=1S/C35H49NO5/c1-22(17-27-20-35(4,40)33(39)36(27)21-24-8-12-29(41-5)13-9-24)30-14-15-31-25(7-6-16-34(30,31)3)10-11-26-18-28(37)19-32(38)23(26)2/h8-13,22,27-28,30-32,37-38,40H,2,6-7,14-21H2,1,3-5H3/b25-10+,26-11-/t22-,27+,28-,30-,31+,32+,34-,35+/m1/s1. The van der Waals surface area contributed by atoms with Crippen molar-refractivity contribution in [1.82, 2.24) is 4.90 Å². The molecule has 1 amide bonds. The van der Waals surface area contributed by atoms with Gasteiger partial charge < -0.3 is 25.0 Å². The van der Waals surface area contributed by atoms with E-state index in [-0.39, 0.29) is 17.4 Å². The normalized spacial score (nSPS) is 38.5. The Morgan fingerprint density at radius 3 is 2.61 bits per heavy atom. The lowest BCUT2D eigenvalue weighted by atomic mass is 9.60. The minimum absolute atomic E-state index is 0.00996. The summed E-state index contributed by atoms with van der Waals surface area (Å²) in [5.74, 6) is 2.13. The highest BCUT2D eigenvalue weighted by atomic mass is 16.5. The molecule has 0 radical (unpaired) electrons. The van der Waals surface area contributed by atoms with Gasteiger partial charge in [0.1, 0.15) is 11.4 Å². The molecule has 6 nitrogen and oxygen atoms in total. The van der Waals surface area contributed by atoms with Crippen LogP contribution in [0, 0.1) is 23.2 Å². The zero-order chi connectivity index (χ0) is 29.5. The van der Waals surface area contributed by atoms with Gasteiger partial charge in [-0.1, -0.05) is 50.3 Å². The van der Waals surface area contributed by atoms with Gasteiger partial charge in [-0.2, -0.15) is 0 Å². The summed E-state index contributed by atoms with van der Waals surface area (Å²) in [4.78, 5) is 15.2. The molecule has 41 heavy (non-hydrogen) atoms. The third-order valence-electron chi connectivity index (χ3n) is 10.9. The first-order valence-corrected chi connectivity index (χ1v) is 15.5. The predicted molar refractivity (Wildman–Crippen MR) is 161 cm³/mol. The molecule has 1 aliphatic heterocycles. The van der Waals surface area contributed by atoms with Crippen molar-refractivity contribution in [3.63, 3.8) is 0 Å². The number of methoxy groups -OCH3 is 1. The minimum Gasteiger partial charge on any atom is -0.497 e. The molecule has 8 atom stereocenters. The van der Waals surface area contributed by atoms with Crippen LogP contribution >= 0.6 is 0 Å². The molecule has 0 aromatic heterocycles. The second kappa shape index (κ2) is 11.7. The monoisotopic (exact) mass is 563 g/mol. The molecule has 0 spiro atoms. The largest absolute Gasteiger partial charge is 0.497 e. The van der Waals surface area contributed by atoms with E-state index in [1.807, 2.05) is 29.2 Å². The smallest absolute Gasteiger partial charge is 0.254 e. The Hall–Kier alpha value is -2.41. The van der Waals surface area contributed by atoms with Crippen LogP contribution in [0.25, 0.3) is 0 Å². The molecule has 3 N–H and O–H groups in total. The number of ether oxygens (including phenoxy) is 1. The molecule has 1 aromatic rings. The number of likely N-dealkylation sites (tertiary alicyclic amines) is 1. The lowest BCUT2D eigenvalue weighted by molar-refractivity contribution is -0.142. The zero-order valence-corrected chi connectivity index (χ0v) is 25.3. The molecule has 224 valence electrons. The molecule has 4 aliphatic rings. The van der Waals surface area contributed by atoms with Gasteiger partial charge in [-0.05, 0) is 104 Å². The van der Waals surface area contributed by atoms with E-state index in [9.17, 15) is 20.1 Å². The van der Waals surface area contributed by atoms with Crippen LogP contribution in [0.3, 0.4) is 0 Å². The highest BCUT2D eigenvalue weighted by Crippen LogP contribution is 2.60. The number of amides is 1. The summed E-state index contributed by atoms with van der Waals surface area (Å²) in [5.41, 5.74) is 3.12. The van der Waals surface area contributed by atoms with Crippen molar-refractivity contribution in [2.45, 2.75) is 109 Å². The van der Waals surface area contributed by atoms with Gasteiger partial charge in [0.05, 0.1) is 19.3 Å². The van der Waals surface area contributed by atoms with Gasteiger partial charge in [-0.15, -0.1) is 0 Å². The van der Waals surface area contributed by atoms with Crippen molar-refractivity contribution in [3.8, 4) is 5.75 Å². The van der Waals surface area contributed by atoms with Crippen LogP contribution in [0.4, 0.5) is 0 Å². The summed E-state index contributed by atoms with van der Waals surface area (Å²) in [6.07, 6.45) is 11.3. The van der Waals surface area contributed by atoms with Gasteiger partial charge in [0, 0.05) is 25.4 Å². The molecule has 3 saturated carbocycles. The number of carbonyl (C=O) groups excluding carboxylic acids is 1. The first kappa shape index (κ1) is 30.1. The Kier molecular flexibility index (Phi) is 8.58. The van der Waals surface area contributed by atoms with Gasteiger partial charge in [0.2, 0.25) is 0 Å². The number of carbonyl (C=O) groups is 1. The molecule has 0 unspecified atom stereocenters. The van der Waals surface area contributed by atoms with Crippen LogP contribution in [0.15, 0.2) is 59.7 Å². The Morgan fingerprint density at radius 2 is 1.90 bits per heavy atom. The van der Waals surface area contributed by atoms with Crippen LogP contribution < -0.4 is 4.74 Å². The highest BCUT2D eigenvalue weighted by Gasteiger charge is 2.53. The molecule has 6 heteroatoms. The van der Waals surface area contributed by atoms with E-state index in [1.54, 1.807) is 14.0 Å². The van der Waals surface area contributed by atoms with Crippen molar-refractivity contribution >= 4 is 5.91 Å². The zero-order valence-electron chi connectivity index (χ0n) is 25.3. The Morgan fingerprint density at radius 1 is 1.17 bits per heavy atom. The van der Waals surface area contributed by atoms with E-state index in [0.29, 0.717) is 43.6 Å². The summed E-state index contributed by atoms with van der Waals surface area (Å²) in [6, 6.07) is 7.85. The number of allylic oxidation sites excluding steroid dienone is 3. The van der Waals surface area contributed by atoms with Crippen LogP contribution in [0.5, 0.6) is 5.75 Å². The fourth-order valence-electron chi connectivity index (χ4n) is 8.74. The topological polar surface area (TPSA) is 90.2 Å². The maximum atomic E-state index is 13.3. The molecule has 3 aliphatic carbocycles. The highest BCUT2D eigenvalue weighted by molar-refractivity contribution is 5.87. The van der Waals surface area contributed by atoms with E-state index in [2.05, 4.69) is 32.6 Å². The van der Waals surface area contributed by atoms with Crippen molar-refractivity contribution in [3.05, 3.63) is 65.3 Å². The third kappa shape index (κ3) is 5.93. The average Bonchev–Trinajstić information content (AvgIpc) is 3.39. The minimum atomic E-state index is -1.32. The van der Waals surface area contributed by atoms with Crippen LogP contribution in [0.2, 0.25) is 0 Å². The number of benzene rings is 1. The second-order valence-corrected chi connectivity index (χ2v) is 13.8. The number of fused-ring (bicyclic) bond motifs is 1. The lowest BCUT2D eigenvalue weighted by Crippen LogP contribution is -2.40. The Balaban J connectivity index is 1.30. The van der Waals surface area contributed by atoms with Crippen LogP contribution in [-0.2, 0) is 11.3 Å². The molecular weight excluding hydrogens is 514 g/mol. The first-order chi connectivity index (χ1) is 19.4. The molecule has 0 bridgehead atoms. The van der Waals surface area contributed by atoms with Crippen molar-refractivity contribution in [1.29, 1.82) is 0 Å². The number of hydrogen-bond donors (Lipinski definition) is 3. The number of hydrogen-bond acceptors (Lipinski definition) is 5. The predicted octanol–water partition coefficient (Wildman–Crippen LogP) is 5.71. The molecule has 5 rings (SSSR count). The summed E-state index contributed by atoms with van der Waals surface area (Å²) < 4.78 is 5.29. The number of rotatable bonds is 7. The maximum absolute atomic E-state index is 13.3. The molecule has 1 heterocycles. The van der Waals surface area contributed by atoms with Gasteiger partial charge in [-0.3, -0.25) is 4.79 Å². The Bertz CT molecular complexity index is 1200. The van der Waals surface area contributed by atoms with E-state index in [4.69, 9.17) is 4.74 Å². The molecular formula is C35H49NO5. The van der Waals surface area contributed by atoms with Crippen molar-refractivity contribution in [2.75, 3.05) is 7.11 Å². The average molecular weight is 564 g/mol. The molecule has 4 fully saturated rings. The van der Waals surface area contributed by atoms with Crippen molar-refractivity contribution in [2.24, 2.45) is 23.2 Å². The SMILES string of the molecule is C=C1/C(=C\C=C2/CCC[C@]3(C)[C@@H]([C@H](C)C[C@H]4C[C@](C)(O)C(=O)N4Cc4ccc(OC)cc4)CC[C@@H]23)C[C@@H](O)C[C@@H]1O. The molecule has 1 saturated heterocycles. The van der Waals surface area contributed by atoms with Crippen LogP contribution in [-0.4, -0.2) is 57.1 Å². The van der Waals surface area contributed by atoms with E-state index >= 15 is 0 Å². The quantitative estimate of drug-likeness (QED) is 0.395. The van der Waals surface area contributed by atoms with Crippen LogP contribution in [0.1, 0.15) is 84.1 Å². The third-order valence-corrected chi connectivity index (χ3v) is 10.9. The van der Waals surface area contributed by atoms with Gasteiger partial charge in [0.25, 0.3) is 5.91 Å². The van der Waals surface area contributed by atoms with Gasteiger partial charge >= 0.3 is 0 Å². The number of aliphatic hydroxyl groups excluding tert-OH is 2. The summed E-state index contributed by atoms with van der Waals surface area (Å²) in [6.45, 7) is 11.1. The summed E-state index contributed by atoms with van der Waals surface area (Å²) in [7, 11) is 1.65. The maximum Gasteiger partial charge on any atom is 0.254 e. The number of nitrogens with zero attached hydrogens (tertiary/aromatic N) is 1. The Labute approximate surface area is 245 Å². The lowest BCUT2D eigenvalue weighted by Gasteiger charge is -2.45.